The van der Waals surface area contributed by atoms with Crippen molar-refractivity contribution in [1.29, 1.82) is 0 Å². The molecule has 0 aromatic carbocycles. The molecule has 1 spiro atoms. The van der Waals surface area contributed by atoms with Gasteiger partial charge in [0.15, 0.2) is 5.17 Å². The van der Waals surface area contributed by atoms with Crippen molar-refractivity contribution >= 4 is 28.3 Å². The third kappa shape index (κ3) is 3.19. The predicted molar refractivity (Wildman–Crippen MR) is 88.8 cm³/mol. The summed E-state index contributed by atoms with van der Waals surface area (Å²) < 4.78 is 0. The van der Waals surface area contributed by atoms with Gasteiger partial charge in [-0.05, 0) is 18.8 Å². The van der Waals surface area contributed by atoms with Crippen molar-refractivity contribution in [2.45, 2.75) is 51.0 Å². The Hall–Kier alpha value is -0.550. The molecule has 3 rings (SSSR count). The van der Waals surface area contributed by atoms with Crippen molar-refractivity contribution in [2.75, 3.05) is 12.3 Å². The van der Waals surface area contributed by atoms with Gasteiger partial charge in [-0.25, -0.2) is 4.98 Å². The summed E-state index contributed by atoms with van der Waals surface area (Å²) in [5, 5.41) is 8.12. The summed E-state index contributed by atoms with van der Waals surface area (Å²) >= 11 is 3.64. The number of amidine groups is 1. The van der Waals surface area contributed by atoms with Gasteiger partial charge in [-0.1, -0.05) is 38.5 Å². The van der Waals surface area contributed by atoms with Crippen LogP contribution in [0.15, 0.2) is 16.6 Å². The first kappa shape index (κ1) is 14.4. The topological polar surface area (TPSA) is 37.3 Å². The van der Waals surface area contributed by atoms with Gasteiger partial charge >= 0.3 is 0 Å². The van der Waals surface area contributed by atoms with Gasteiger partial charge in [-0.2, -0.15) is 0 Å². The minimum Gasteiger partial charge on any atom is -0.359 e. The molecule has 3 unspecified atom stereocenters. The van der Waals surface area contributed by atoms with E-state index in [2.05, 4.69) is 24.1 Å². The molecule has 1 aromatic heterocycles. The van der Waals surface area contributed by atoms with Crippen LogP contribution in [0.1, 0.15) is 50.5 Å². The van der Waals surface area contributed by atoms with Gasteiger partial charge < -0.3 is 5.32 Å². The Labute approximate surface area is 129 Å². The van der Waals surface area contributed by atoms with Gasteiger partial charge in [0.25, 0.3) is 0 Å². The molecule has 0 radical (unpaired) electrons. The van der Waals surface area contributed by atoms with Crippen molar-refractivity contribution < 1.29 is 0 Å². The zero-order valence-corrected chi connectivity index (χ0v) is 13.9. The molecule has 20 heavy (non-hydrogen) atoms. The molecule has 1 saturated carbocycles. The van der Waals surface area contributed by atoms with Crippen LogP contribution in [0.3, 0.4) is 0 Å². The largest absolute Gasteiger partial charge is 0.359 e. The van der Waals surface area contributed by atoms with E-state index in [-0.39, 0.29) is 0 Å². The molecule has 2 heterocycles. The lowest BCUT2D eigenvalue weighted by Crippen LogP contribution is -2.47. The smallest absolute Gasteiger partial charge is 0.157 e. The molecule has 2 fully saturated rings. The highest BCUT2D eigenvalue weighted by Crippen LogP contribution is 2.38. The van der Waals surface area contributed by atoms with Crippen molar-refractivity contribution in [3.05, 3.63) is 16.6 Å². The highest BCUT2D eigenvalue weighted by Gasteiger charge is 2.40. The summed E-state index contributed by atoms with van der Waals surface area (Å²) in [6.07, 6.45) is 7.25. The summed E-state index contributed by atoms with van der Waals surface area (Å²) in [7, 11) is 0. The Kier molecular flexibility index (Phi) is 4.36. The van der Waals surface area contributed by atoms with Crippen LogP contribution in [0.2, 0.25) is 0 Å². The van der Waals surface area contributed by atoms with Crippen molar-refractivity contribution in [2.24, 2.45) is 10.9 Å². The second-order valence-corrected chi connectivity index (χ2v) is 8.20. The number of hydrogen-bond donors (Lipinski definition) is 1. The van der Waals surface area contributed by atoms with E-state index in [9.17, 15) is 0 Å². The fraction of sp³-hybridized carbons (Fsp3) is 0.733. The van der Waals surface area contributed by atoms with Crippen LogP contribution in [0.4, 0.5) is 0 Å². The minimum absolute atomic E-state index is 0.339. The summed E-state index contributed by atoms with van der Waals surface area (Å²) in [6, 6.07) is 0. The third-order valence-corrected chi connectivity index (χ3v) is 6.54. The van der Waals surface area contributed by atoms with Gasteiger partial charge in [0.05, 0.1) is 11.6 Å². The standard InChI is InChI=1S/C15H23N3S2/c1-11-4-3-5-15(8-11)10-20-14(18-15)17-9-12(2)13-16-6-7-19-13/h6-7,11-12H,3-5,8-10H2,1-2H3,(H,17,18). The molecule has 110 valence electrons. The van der Waals surface area contributed by atoms with Crippen molar-refractivity contribution in [3.8, 4) is 0 Å². The first-order chi connectivity index (χ1) is 9.67. The van der Waals surface area contributed by atoms with Gasteiger partial charge in [-0.15, -0.1) is 11.3 Å². The molecular formula is C15H23N3S2. The predicted octanol–water partition coefficient (Wildman–Crippen LogP) is 3.89. The molecular weight excluding hydrogens is 286 g/mol. The lowest BCUT2D eigenvalue weighted by molar-refractivity contribution is 0.242. The lowest BCUT2D eigenvalue weighted by Gasteiger charge is -2.36. The Morgan fingerprint density at radius 1 is 1.60 bits per heavy atom. The molecule has 1 saturated heterocycles. The van der Waals surface area contributed by atoms with Crippen LogP contribution < -0.4 is 5.32 Å². The lowest BCUT2D eigenvalue weighted by atomic mass is 9.78. The number of aromatic nitrogens is 1. The summed E-state index contributed by atoms with van der Waals surface area (Å²) in [5.74, 6) is 2.47. The average Bonchev–Trinajstić information content (AvgIpc) is 3.06. The first-order valence-corrected chi connectivity index (χ1v) is 9.38. The zero-order chi connectivity index (χ0) is 14.0. The van der Waals surface area contributed by atoms with E-state index < -0.39 is 0 Å². The van der Waals surface area contributed by atoms with Crippen LogP contribution >= 0.6 is 23.1 Å². The van der Waals surface area contributed by atoms with E-state index in [4.69, 9.17) is 4.99 Å². The number of rotatable bonds is 3. The van der Waals surface area contributed by atoms with E-state index in [1.165, 1.54) is 36.4 Å². The van der Waals surface area contributed by atoms with Crippen molar-refractivity contribution in [1.82, 2.24) is 10.3 Å². The summed E-state index contributed by atoms with van der Waals surface area (Å²) in [5.41, 5.74) is 0.339. The zero-order valence-electron chi connectivity index (χ0n) is 12.3. The number of thiazole rings is 1. The SMILES string of the molecule is CC1CCCC2(CSC(=NCC(C)c3nccs3)N2)C1. The van der Waals surface area contributed by atoms with Gasteiger partial charge in [0.2, 0.25) is 0 Å². The molecule has 1 N–H and O–H groups in total. The summed E-state index contributed by atoms with van der Waals surface area (Å²) in [4.78, 5) is 9.17. The Bertz CT molecular complexity index is 471. The first-order valence-electron chi connectivity index (χ1n) is 7.52. The molecule has 1 aromatic rings. The quantitative estimate of drug-likeness (QED) is 0.920. The van der Waals surface area contributed by atoms with E-state index in [1.54, 1.807) is 11.3 Å². The number of hydrogen-bond acceptors (Lipinski definition) is 4. The molecule has 0 amide bonds. The van der Waals surface area contributed by atoms with E-state index in [1.807, 2.05) is 23.3 Å². The van der Waals surface area contributed by atoms with Gasteiger partial charge in [0.1, 0.15) is 0 Å². The van der Waals surface area contributed by atoms with Crippen LogP contribution in [0.5, 0.6) is 0 Å². The highest BCUT2D eigenvalue weighted by molar-refractivity contribution is 8.14. The number of nitrogens with zero attached hydrogens (tertiary/aromatic N) is 2. The molecule has 1 aliphatic heterocycles. The van der Waals surface area contributed by atoms with Gasteiger partial charge in [-0.3, -0.25) is 4.99 Å². The minimum atomic E-state index is 0.339. The summed E-state index contributed by atoms with van der Waals surface area (Å²) in [6.45, 7) is 5.43. The second kappa shape index (κ2) is 6.06. The Balaban J connectivity index is 1.58. The average molecular weight is 310 g/mol. The fourth-order valence-electron chi connectivity index (χ4n) is 3.27. The fourth-order valence-corrected chi connectivity index (χ4v) is 5.16. The molecule has 1 aliphatic carbocycles. The number of nitrogens with one attached hydrogen (secondary N) is 1. The third-order valence-electron chi connectivity index (χ3n) is 4.33. The number of thioether (sulfide) groups is 1. The van der Waals surface area contributed by atoms with E-state index >= 15 is 0 Å². The van der Waals surface area contributed by atoms with Crippen LogP contribution in [0, 0.1) is 5.92 Å². The molecule has 0 bridgehead atoms. The Morgan fingerprint density at radius 2 is 2.50 bits per heavy atom. The highest BCUT2D eigenvalue weighted by atomic mass is 32.2. The van der Waals surface area contributed by atoms with Crippen LogP contribution in [-0.2, 0) is 0 Å². The number of aliphatic imine (C=N–C) groups is 1. The van der Waals surface area contributed by atoms with Crippen LogP contribution in [0.25, 0.3) is 0 Å². The maximum absolute atomic E-state index is 4.79. The van der Waals surface area contributed by atoms with E-state index in [0.717, 1.165) is 17.6 Å². The Morgan fingerprint density at radius 3 is 3.25 bits per heavy atom. The van der Waals surface area contributed by atoms with E-state index in [0.29, 0.717) is 11.5 Å². The maximum atomic E-state index is 4.79. The molecule has 2 aliphatic rings. The van der Waals surface area contributed by atoms with Crippen molar-refractivity contribution in [3.63, 3.8) is 0 Å². The molecule has 5 heteroatoms. The normalized spacial score (nSPS) is 33.5. The molecule has 3 atom stereocenters. The monoisotopic (exact) mass is 309 g/mol. The van der Waals surface area contributed by atoms with Gasteiger partial charge in [0, 0.05) is 28.8 Å². The molecule has 3 nitrogen and oxygen atoms in total. The maximum Gasteiger partial charge on any atom is 0.157 e. The second-order valence-electron chi connectivity index (χ2n) is 6.31. The van der Waals surface area contributed by atoms with Crippen LogP contribution in [-0.4, -0.2) is 28.0 Å².